The Bertz CT molecular complexity index is 1070. The van der Waals surface area contributed by atoms with Gasteiger partial charge in [-0.3, -0.25) is 9.69 Å². The molecular weight excluding hydrogens is 482 g/mol. The van der Waals surface area contributed by atoms with Crippen LogP contribution in [0.4, 0.5) is 13.6 Å². The molecular formula is C28H36F2N2O5. The molecule has 1 N–H and O–H groups in total. The summed E-state index contributed by atoms with van der Waals surface area (Å²) in [5, 5.41) is 2.87. The van der Waals surface area contributed by atoms with Crippen LogP contribution in [0.1, 0.15) is 52.7 Å². The largest absolute Gasteiger partial charge is 0.444 e. The number of ether oxygens (including phenoxy) is 3. The number of hydrogen-bond donors (Lipinski definition) is 1. The van der Waals surface area contributed by atoms with Gasteiger partial charge in [-0.15, -0.1) is 0 Å². The Morgan fingerprint density at radius 1 is 1.11 bits per heavy atom. The van der Waals surface area contributed by atoms with Crippen LogP contribution >= 0.6 is 0 Å². The van der Waals surface area contributed by atoms with Crippen molar-refractivity contribution in [1.82, 2.24) is 10.2 Å². The summed E-state index contributed by atoms with van der Waals surface area (Å²) in [6, 6.07) is 11.3. The molecule has 0 radical (unpaired) electrons. The predicted octanol–water partition coefficient (Wildman–Crippen LogP) is 4.97. The number of halogens is 2. The highest BCUT2D eigenvalue weighted by Crippen LogP contribution is 2.33. The molecule has 1 fully saturated rings. The first-order valence-corrected chi connectivity index (χ1v) is 12.3. The van der Waals surface area contributed by atoms with Crippen molar-refractivity contribution in [3.05, 3.63) is 71.3 Å². The van der Waals surface area contributed by atoms with Crippen molar-refractivity contribution in [3.63, 3.8) is 0 Å². The summed E-state index contributed by atoms with van der Waals surface area (Å²) in [4.78, 5) is 27.1. The van der Waals surface area contributed by atoms with E-state index in [0.29, 0.717) is 5.56 Å². The van der Waals surface area contributed by atoms with Gasteiger partial charge in [0.15, 0.2) is 0 Å². The maximum Gasteiger partial charge on any atom is 0.412 e. The Morgan fingerprint density at radius 2 is 1.73 bits per heavy atom. The molecule has 1 heterocycles. The van der Waals surface area contributed by atoms with Crippen molar-refractivity contribution in [2.24, 2.45) is 0 Å². The van der Waals surface area contributed by atoms with E-state index in [1.54, 1.807) is 34.6 Å². The first-order chi connectivity index (χ1) is 17.2. The van der Waals surface area contributed by atoms with Crippen molar-refractivity contribution in [2.75, 3.05) is 6.61 Å². The standard InChI is InChI=1S/C28H36F2N2O5/c1-18(33)31-23(14-20-12-21(29)15-22(30)13-20)25(35-16-19-10-8-7-9-11-19)24-17-36-28(5,6)32(24)26(34)37-27(2,3)4/h7-13,15,23-25H,14,16-17H2,1-6H3,(H,31,33)/t23-,24?,25-/m0/s1. The molecule has 1 aliphatic heterocycles. The number of carbonyl (C=O) groups is 2. The molecule has 1 unspecified atom stereocenters. The topological polar surface area (TPSA) is 77.1 Å². The molecule has 0 saturated carbocycles. The minimum absolute atomic E-state index is 0.0623. The first kappa shape index (κ1) is 28.5. The fourth-order valence-corrected chi connectivity index (χ4v) is 4.50. The Kier molecular flexibility index (Phi) is 8.92. The third-order valence-electron chi connectivity index (χ3n) is 5.94. The van der Waals surface area contributed by atoms with Crippen LogP contribution in [-0.2, 0) is 32.0 Å². The molecule has 0 spiro atoms. The number of amides is 2. The lowest BCUT2D eigenvalue weighted by molar-refractivity contribution is -0.122. The lowest BCUT2D eigenvalue weighted by Crippen LogP contribution is -2.59. The molecule has 2 aromatic carbocycles. The number of rotatable bonds is 8. The van der Waals surface area contributed by atoms with Gasteiger partial charge in [0, 0.05) is 13.0 Å². The number of benzene rings is 2. The lowest BCUT2D eigenvalue weighted by Gasteiger charge is -2.40. The van der Waals surface area contributed by atoms with Gasteiger partial charge < -0.3 is 19.5 Å². The van der Waals surface area contributed by atoms with Crippen LogP contribution < -0.4 is 5.32 Å². The van der Waals surface area contributed by atoms with Gasteiger partial charge in [-0.05, 0) is 64.3 Å². The van der Waals surface area contributed by atoms with Crippen LogP contribution in [0.5, 0.6) is 0 Å². The van der Waals surface area contributed by atoms with E-state index >= 15 is 0 Å². The van der Waals surface area contributed by atoms with E-state index in [0.717, 1.165) is 11.6 Å². The zero-order valence-corrected chi connectivity index (χ0v) is 22.2. The zero-order chi connectivity index (χ0) is 27.4. The summed E-state index contributed by atoms with van der Waals surface area (Å²) in [5.41, 5.74) is -0.552. The summed E-state index contributed by atoms with van der Waals surface area (Å²) >= 11 is 0. The molecule has 2 aromatic rings. The Labute approximate surface area is 217 Å². The number of nitrogens with one attached hydrogen (secondary N) is 1. The fourth-order valence-electron chi connectivity index (χ4n) is 4.50. The van der Waals surface area contributed by atoms with Crippen molar-refractivity contribution in [3.8, 4) is 0 Å². The van der Waals surface area contributed by atoms with Gasteiger partial charge in [0.1, 0.15) is 29.1 Å². The number of hydrogen-bond acceptors (Lipinski definition) is 5. The average molecular weight is 519 g/mol. The molecule has 37 heavy (non-hydrogen) atoms. The van der Waals surface area contributed by atoms with E-state index in [1.165, 1.54) is 24.0 Å². The molecule has 7 nitrogen and oxygen atoms in total. The Hall–Kier alpha value is -3.04. The van der Waals surface area contributed by atoms with Crippen molar-refractivity contribution >= 4 is 12.0 Å². The first-order valence-electron chi connectivity index (χ1n) is 12.3. The van der Waals surface area contributed by atoms with Gasteiger partial charge in [-0.2, -0.15) is 0 Å². The second-order valence-corrected chi connectivity index (χ2v) is 10.7. The van der Waals surface area contributed by atoms with Crippen LogP contribution in [0.3, 0.4) is 0 Å². The van der Waals surface area contributed by atoms with E-state index in [1.807, 2.05) is 30.3 Å². The SMILES string of the molecule is CC(=O)N[C@@H](Cc1cc(F)cc(F)c1)[C@H](OCc1ccccc1)C1COC(C)(C)N1C(=O)OC(C)(C)C. The normalized spacial score (nSPS) is 18.8. The van der Waals surface area contributed by atoms with Crippen LogP contribution in [0.2, 0.25) is 0 Å². The zero-order valence-electron chi connectivity index (χ0n) is 22.2. The summed E-state index contributed by atoms with van der Waals surface area (Å²) in [6.45, 7) is 10.5. The summed E-state index contributed by atoms with van der Waals surface area (Å²) in [5.74, 6) is -1.80. The summed E-state index contributed by atoms with van der Waals surface area (Å²) in [7, 11) is 0. The molecule has 0 bridgehead atoms. The molecule has 0 aliphatic carbocycles. The third-order valence-corrected chi connectivity index (χ3v) is 5.94. The highest BCUT2D eigenvalue weighted by Gasteiger charge is 2.51. The molecule has 0 aromatic heterocycles. The Balaban J connectivity index is 2.01. The average Bonchev–Trinajstić information content (AvgIpc) is 3.07. The molecule has 3 atom stereocenters. The minimum Gasteiger partial charge on any atom is -0.444 e. The summed E-state index contributed by atoms with van der Waals surface area (Å²) < 4.78 is 46.0. The van der Waals surface area contributed by atoms with Crippen LogP contribution in [0.15, 0.2) is 48.5 Å². The van der Waals surface area contributed by atoms with Crippen molar-refractivity contribution < 1.29 is 32.6 Å². The summed E-state index contributed by atoms with van der Waals surface area (Å²) in [6.07, 6.45) is -1.33. The highest BCUT2D eigenvalue weighted by atomic mass is 19.1. The quantitative estimate of drug-likeness (QED) is 0.534. The van der Waals surface area contributed by atoms with Gasteiger partial charge in [0.05, 0.1) is 25.3 Å². The van der Waals surface area contributed by atoms with Crippen LogP contribution in [0, 0.1) is 11.6 Å². The Morgan fingerprint density at radius 3 is 2.30 bits per heavy atom. The monoisotopic (exact) mass is 518 g/mol. The maximum atomic E-state index is 14.0. The fraction of sp³-hybridized carbons (Fsp3) is 0.500. The smallest absolute Gasteiger partial charge is 0.412 e. The van der Waals surface area contributed by atoms with Crippen molar-refractivity contribution in [1.29, 1.82) is 0 Å². The van der Waals surface area contributed by atoms with E-state index < -0.39 is 47.2 Å². The van der Waals surface area contributed by atoms with Gasteiger partial charge in [-0.1, -0.05) is 30.3 Å². The second-order valence-electron chi connectivity index (χ2n) is 10.7. The maximum absolute atomic E-state index is 14.0. The van der Waals surface area contributed by atoms with Crippen molar-refractivity contribution in [2.45, 2.75) is 84.1 Å². The van der Waals surface area contributed by atoms with E-state index in [2.05, 4.69) is 5.32 Å². The van der Waals surface area contributed by atoms with Gasteiger partial charge >= 0.3 is 6.09 Å². The molecule has 2 amide bonds. The van der Waals surface area contributed by atoms with Gasteiger partial charge in [-0.25, -0.2) is 13.6 Å². The molecule has 3 rings (SSSR count). The van der Waals surface area contributed by atoms with E-state index in [9.17, 15) is 18.4 Å². The predicted molar refractivity (Wildman–Crippen MR) is 135 cm³/mol. The lowest BCUT2D eigenvalue weighted by atomic mass is 9.95. The number of carbonyl (C=O) groups excluding carboxylic acids is 2. The van der Waals surface area contributed by atoms with Gasteiger partial charge in [0.2, 0.25) is 5.91 Å². The van der Waals surface area contributed by atoms with Crippen LogP contribution in [0.25, 0.3) is 0 Å². The molecule has 202 valence electrons. The molecule has 1 saturated heterocycles. The van der Waals surface area contributed by atoms with Gasteiger partial charge in [0.25, 0.3) is 0 Å². The van der Waals surface area contributed by atoms with E-state index in [-0.39, 0.29) is 25.5 Å². The van der Waals surface area contributed by atoms with Crippen LogP contribution in [-0.4, -0.2) is 53.0 Å². The molecule has 1 aliphatic rings. The minimum atomic E-state index is -1.02. The van der Waals surface area contributed by atoms with E-state index in [4.69, 9.17) is 14.2 Å². The highest BCUT2D eigenvalue weighted by molar-refractivity contribution is 5.73. The second kappa shape index (κ2) is 11.6. The third kappa shape index (κ3) is 7.97. The number of nitrogens with zero attached hydrogens (tertiary/aromatic N) is 1. The molecule has 9 heteroatoms.